The molecule has 1 heteroatoms. The molecule has 0 aromatic heterocycles. The highest BCUT2D eigenvalue weighted by Gasteiger charge is 2.30. The van der Waals surface area contributed by atoms with Crippen LogP contribution in [0.15, 0.2) is 36.5 Å². The highest BCUT2D eigenvalue weighted by molar-refractivity contribution is 5.40. The molecule has 0 fully saturated rings. The van der Waals surface area contributed by atoms with E-state index in [9.17, 15) is 0 Å². The maximum Gasteiger partial charge on any atom is 0.0297 e. The Bertz CT molecular complexity index is 258. The van der Waals surface area contributed by atoms with E-state index in [0.29, 0.717) is 0 Å². The van der Waals surface area contributed by atoms with Crippen LogP contribution in [-0.4, -0.2) is 6.04 Å². The first kappa shape index (κ1) is 10.3. The second kappa shape index (κ2) is 3.51. The minimum absolute atomic E-state index is 0.151. The summed E-state index contributed by atoms with van der Waals surface area (Å²) >= 11 is 0. The molecule has 1 atom stereocenters. The van der Waals surface area contributed by atoms with Crippen molar-refractivity contribution in [3.05, 3.63) is 36.5 Å². The Morgan fingerprint density at radius 1 is 1.38 bits per heavy atom. The van der Waals surface area contributed by atoms with Crippen LogP contribution < -0.4 is 5.73 Å². The van der Waals surface area contributed by atoms with Crippen LogP contribution in [0.1, 0.15) is 26.7 Å². The Morgan fingerprint density at radius 2 is 2.00 bits per heavy atom. The van der Waals surface area contributed by atoms with Gasteiger partial charge in [0.05, 0.1) is 0 Å². The van der Waals surface area contributed by atoms with Crippen LogP contribution in [0.4, 0.5) is 0 Å². The normalized spacial score (nSPS) is 27.2. The zero-order chi connectivity index (χ0) is 10.1. The molecule has 0 aromatic rings. The summed E-state index contributed by atoms with van der Waals surface area (Å²) in [7, 11) is 0. The largest absolute Gasteiger partial charge is 0.324 e. The van der Waals surface area contributed by atoms with E-state index < -0.39 is 0 Å². The van der Waals surface area contributed by atoms with Gasteiger partial charge < -0.3 is 5.73 Å². The van der Waals surface area contributed by atoms with E-state index in [1.54, 1.807) is 0 Å². The van der Waals surface area contributed by atoms with Crippen LogP contribution in [-0.2, 0) is 0 Å². The van der Waals surface area contributed by atoms with Gasteiger partial charge in [0.1, 0.15) is 0 Å². The second-order valence-corrected chi connectivity index (χ2v) is 4.31. The van der Waals surface area contributed by atoms with Crippen molar-refractivity contribution in [2.75, 3.05) is 0 Å². The highest BCUT2D eigenvalue weighted by atomic mass is 14.6. The molecular weight excluding hydrogens is 158 g/mol. The Kier molecular flexibility index (Phi) is 2.77. The molecule has 1 aliphatic rings. The topological polar surface area (TPSA) is 26.0 Å². The van der Waals surface area contributed by atoms with Gasteiger partial charge in [0, 0.05) is 6.04 Å². The molecule has 1 nitrogen and oxygen atoms in total. The molecule has 1 unspecified atom stereocenters. The summed E-state index contributed by atoms with van der Waals surface area (Å²) in [6, 6.07) is 0.151. The maximum absolute atomic E-state index is 6.00. The predicted molar refractivity (Wildman–Crippen MR) is 58.4 cm³/mol. The lowest BCUT2D eigenvalue weighted by molar-refractivity contribution is 0.363. The fourth-order valence-electron chi connectivity index (χ4n) is 2.05. The van der Waals surface area contributed by atoms with Gasteiger partial charge in [-0.05, 0) is 29.4 Å². The van der Waals surface area contributed by atoms with E-state index in [-0.39, 0.29) is 11.5 Å². The van der Waals surface area contributed by atoms with Crippen molar-refractivity contribution in [1.29, 1.82) is 0 Å². The average molecular weight is 177 g/mol. The van der Waals surface area contributed by atoms with Crippen molar-refractivity contribution in [3.63, 3.8) is 0 Å². The SMILES string of the molecule is C=CC1=C(C=C)C(C)(C)CCC1N. The van der Waals surface area contributed by atoms with Gasteiger partial charge in [0.2, 0.25) is 0 Å². The molecule has 0 aromatic carbocycles. The number of hydrogen-bond acceptors (Lipinski definition) is 1. The molecule has 0 amide bonds. The van der Waals surface area contributed by atoms with Crippen molar-refractivity contribution in [1.82, 2.24) is 0 Å². The smallest absolute Gasteiger partial charge is 0.0297 e. The fourth-order valence-corrected chi connectivity index (χ4v) is 2.05. The van der Waals surface area contributed by atoms with E-state index in [1.807, 2.05) is 12.2 Å². The molecule has 0 aliphatic heterocycles. The molecule has 1 rings (SSSR count). The number of nitrogens with two attached hydrogens (primary N) is 1. The third kappa shape index (κ3) is 1.75. The first-order valence-corrected chi connectivity index (χ1v) is 4.78. The van der Waals surface area contributed by atoms with Crippen molar-refractivity contribution in [2.45, 2.75) is 32.7 Å². The van der Waals surface area contributed by atoms with Crippen LogP contribution >= 0.6 is 0 Å². The molecule has 1 aliphatic carbocycles. The summed E-state index contributed by atoms with van der Waals surface area (Å²) in [5, 5.41) is 0. The van der Waals surface area contributed by atoms with Crippen LogP contribution in [0.25, 0.3) is 0 Å². The minimum atomic E-state index is 0.151. The predicted octanol–water partition coefficient (Wildman–Crippen LogP) is 2.80. The number of hydrogen-bond donors (Lipinski definition) is 1. The van der Waals surface area contributed by atoms with Crippen LogP contribution in [0, 0.1) is 5.41 Å². The van der Waals surface area contributed by atoms with Gasteiger partial charge in [0.15, 0.2) is 0 Å². The van der Waals surface area contributed by atoms with Gasteiger partial charge in [0.25, 0.3) is 0 Å². The van der Waals surface area contributed by atoms with Crippen LogP contribution in [0.3, 0.4) is 0 Å². The summed E-state index contributed by atoms with van der Waals surface area (Å²) in [6.07, 6.45) is 5.98. The van der Waals surface area contributed by atoms with Gasteiger partial charge in [-0.3, -0.25) is 0 Å². The quantitative estimate of drug-likeness (QED) is 0.689. The zero-order valence-corrected chi connectivity index (χ0v) is 8.64. The van der Waals surface area contributed by atoms with E-state index in [1.165, 1.54) is 11.1 Å². The van der Waals surface area contributed by atoms with Crippen LogP contribution in [0.5, 0.6) is 0 Å². The second-order valence-electron chi connectivity index (χ2n) is 4.31. The molecule has 13 heavy (non-hydrogen) atoms. The Labute approximate surface area is 81.0 Å². The van der Waals surface area contributed by atoms with E-state index in [0.717, 1.165) is 12.8 Å². The monoisotopic (exact) mass is 177 g/mol. The molecule has 0 spiro atoms. The van der Waals surface area contributed by atoms with Crippen molar-refractivity contribution < 1.29 is 0 Å². The first-order chi connectivity index (χ1) is 6.03. The fraction of sp³-hybridized carbons (Fsp3) is 0.500. The van der Waals surface area contributed by atoms with Gasteiger partial charge >= 0.3 is 0 Å². The lowest BCUT2D eigenvalue weighted by Gasteiger charge is -2.36. The van der Waals surface area contributed by atoms with E-state index in [4.69, 9.17) is 5.73 Å². The highest BCUT2D eigenvalue weighted by Crippen LogP contribution is 2.40. The van der Waals surface area contributed by atoms with Crippen molar-refractivity contribution in [3.8, 4) is 0 Å². The van der Waals surface area contributed by atoms with Crippen molar-refractivity contribution >= 4 is 0 Å². The minimum Gasteiger partial charge on any atom is -0.324 e. The number of allylic oxidation sites excluding steroid dienone is 2. The molecule has 0 heterocycles. The molecule has 0 saturated carbocycles. The van der Waals surface area contributed by atoms with Crippen LogP contribution in [0.2, 0.25) is 0 Å². The van der Waals surface area contributed by atoms with Gasteiger partial charge in [-0.1, -0.05) is 39.2 Å². The standard InChI is InChI=1S/C12H19N/c1-5-9-10(6-2)12(3,4)8-7-11(9)13/h5-6,11H,1-2,7-8,13H2,3-4H3. The van der Waals surface area contributed by atoms with Gasteiger partial charge in [-0.15, -0.1) is 0 Å². The van der Waals surface area contributed by atoms with Gasteiger partial charge in [-0.2, -0.15) is 0 Å². The summed E-state index contributed by atoms with van der Waals surface area (Å²) < 4.78 is 0. The molecule has 0 saturated heterocycles. The summed E-state index contributed by atoms with van der Waals surface area (Å²) in [5.74, 6) is 0. The molecule has 0 bridgehead atoms. The lowest BCUT2D eigenvalue weighted by Crippen LogP contribution is -2.33. The third-order valence-electron chi connectivity index (χ3n) is 2.94. The molecular formula is C12H19N. The molecule has 0 radical (unpaired) electrons. The zero-order valence-electron chi connectivity index (χ0n) is 8.64. The van der Waals surface area contributed by atoms with Crippen molar-refractivity contribution in [2.24, 2.45) is 11.1 Å². The lowest BCUT2D eigenvalue weighted by atomic mass is 9.71. The Morgan fingerprint density at radius 3 is 2.38 bits per heavy atom. The Hall–Kier alpha value is -0.820. The summed E-state index contributed by atoms with van der Waals surface area (Å²) in [6.45, 7) is 12.1. The van der Waals surface area contributed by atoms with Gasteiger partial charge in [-0.25, -0.2) is 0 Å². The molecule has 2 N–H and O–H groups in total. The van der Waals surface area contributed by atoms with E-state index >= 15 is 0 Å². The summed E-state index contributed by atoms with van der Waals surface area (Å²) in [5.41, 5.74) is 8.65. The average Bonchev–Trinajstić information content (AvgIpc) is 2.08. The maximum atomic E-state index is 6.00. The molecule has 72 valence electrons. The Balaban J connectivity index is 3.20. The summed E-state index contributed by atoms with van der Waals surface area (Å²) in [4.78, 5) is 0. The first-order valence-electron chi connectivity index (χ1n) is 4.78. The number of rotatable bonds is 2. The van der Waals surface area contributed by atoms with E-state index in [2.05, 4.69) is 27.0 Å². The third-order valence-corrected chi connectivity index (χ3v) is 2.94.